The number of nitrogens with one attached hydrogen (secondary N) is 1. The minimum Gasteiger partial charge on any atom is -0.497 e. The fourth-order valence-electron chi connectivity index (χ4n) is 4.28. The SMILES string of the molecule is COc1ccc([C@@H]2CCN(C(=O)OC(C)(C)C)[C@@H]2C(=O)Nc2ccc3oc(C(=O)O)cc3c2)cc1. The Morgan fingerprint density at radius 2 is 1.80 bits per heavy atom. The second kappa shape index (κ2) is 9.32. The van der Waals surface area contributed by atoms with E-state index in [1.807, 2.05) is 24.3 Å². The lowest BCUT2D eigenvalue weighted by atomic mass is 9.91. The van der Waals surface area contributed by atoms with Gasteiger partial charge in [-0.3, -0.25) is 9.69 Å². The van der Waals surface area contributed by atoms with E-state index in [0.717, 1.165) is 5.56 Å². The van der Waals surface area contributed by atoms with Gasteiger partial charge in [-0.1, -0.05) is 12.1 Å². The van der Waals surface area contributed by atoms with E-state index in [2.05, 4.69) is 5.32 Å². The van der Waals surface area contributed by atoms with Gasteiger partial charge in [-0.25, -0.2) is 9.59 Å². The van der Waals surface area contributed by atoms with Gasteiger partial charge in [-0.2, -0.15) is 0 Å². The number of likely N-dealkylation sites (tertiary alicyclic amines) is 1. The normalized spacial score (nSPS) is 17.9. The van der Waals surface area contributed by atoms with Crippen LogP contribution < -0.4 is 10.1 Å². The van der Waals surface area contributed by atoms with Crippen LogP contribution in [-0.4, -0.2) is 53.3 Å². The van der Waals surface area contributed by atoms with E-state index < -0.39 is 23.7 Å². The Morgan fingerprint density at radius 1 is 1.09 bits per heavy atom. The van der Waals surface area contributed by atoms with Gasteiger partial charge in [0.25, 0.3) is 0 Å². The van der Waals surface area contributed by atoms with Gasteiger partial charge in [0, 0.05) is 23.5 Å². The zero-order valence-electron chi connectivity index (χ0n) is 20.0. The summed E-state index contributed by atoms with van der Waals surface area (Å²) in [7, 11) is 1.58. The van der Waals surface area contributed by atoms with E-state index in [-0.39, 0.29) is 17.6 Å². The summed E-state index contributed by atoms with van der Waals surface area (Å²) in [6.45, 7) is 5.71. The molecule has 2 heterocycles. The minimum atomic E-state index is -1.17. The Morgan fingerprint density at radius 3 is 2.43 bits per heavy atom. The highest BCUT2D eigenvalue weighted by Gasteiger charge is 2.44. The molecule has 2 N–H and O–H groups in total. The third-order valence-electron chi connectivity index (χ3n) is 5.83. The lowest BCUT2D eigenvalue weighted by Gasteiger charge is -2.30. The van der Waals surface area contributed by atoms with E-state index in [1.54, 1.807) is 46.1 Å². The Balaban J connectivity index is 1.63. The van der Waals surface area contributed by atoms with Gasteiger partial charge in [0.1, 0.15) is 23.0 Å². The number of ether oxygens (including phenoxy) is 2. The molecule has 9 heteroatoms. The molecular formula is C26H28N2O7. The predicted octanol–water partition coefficient (Wildman–Crippen LogP) is 4.87. The maximum absolute atomic E-state index is 13.5. The molecule has 1 aliphatic heterocycles. The van der Waals surface area contributed by atoms with E-state index in [1.165, 1.54) is 11.0 Å². The summed E-state index contributed by atoms with van der Waals surface area (Å²) in [4.78, 5) is 39.2. The molecule has 1 fully saturated rings. The van der Waals surface area contributed by atoms with E-state index in [9.17, 15) is 14.4 Å². The number of methoxy groups -OCH3 is 1. The molecule has 3 aromatic rings. The van der Waals surface area contributed by atoms with E-state index >= 15 is 0 Å². The largest absolute Gasteiger partial charge is 0.497 e. The van der Waals surface area contributed by atoms with Crippen molar-refractivity contribution >= 4 is 34.6 Å². The van der Waals surface area contributed by atoms with Crippen molar-refractivity contribution in [3.63, 3.8) is 0 Å². The third kappa shape index (κ3) is 5.24. The maximum atomic E-state index is 13.5. The zero-order valence-corrected chi connectivity index (χ0v) is 20.0. The monoisotopic (exact) mass is 480 g/mol. The minimum absolute atomic E-state index is 0.185. The Hall–Kier alpha value is -4.01. The van der Waals surface area contributed by atoms with Crippen LogP contribution in [0.15, 0.2) is 52.9 Å². The van der Waals surface area contributed by atoms with Crippen LogP contribution in [0.5, 0.6) is 5.75 Å². The van der Waals surface area contributed by atoms with E-state index in [4.69, 9.17) is 19.0 Å². The molecule has 0 unspecified atom stereocenters. The smallest absolute Gasteiger partial charge is 0.410 e. The molecule has 1 saturated heterocycles. The van der Waals surface area contributed by atoms with Gasteiger partial charge >= 0.3 is 12.1 Å². The molecular weight excluding hydrogens is 452 g/mol. The van der Waals surface area contributed by atoms with Crippen molar-refractivity contribution < 1.29 is 33.4 Å². The summed E-state index contributed by atoms with van der Waals surface area (Å²) in [5, 5.41) is 12.6. The van der Waals surface area contributed by atoms with Crippen molar-refractivity contribution in [2.24, 2.45) is 0 Å². The van der Waals surface area contributed by atoms with Crippen LogP contribution in [0.2, 0.25) is 0 Å². The number of carboxylic acid groups (broad SMARTS) is 1. The first-order chi connectivity index (χ1) is 16.6. The van der Waals surface area contributed by atoms with Crippen LogP contribution >= 0.6 is 0 Å². The summed E-state index contributed by atoms with van der Waals surface area (Å²) >= 11 is 0. The number of anilines is 1. The van der Waals surface area contributed by atoms with Gasteiger partial charge in [-0.15, -0.1) is 0 Å². The number of hydrogen-bond donors (Lipinski definition) is 2. The molecule has 1 aliphatic rings. The first-order valence-corrected chi connectivity index (χ1v) is 11.3. The standard InChI is InChI=1S/C26H28N2O7/c1-26(2,3)35-25(32)28-12-11-19(15-5-8-18(33-4)9-6-15)22(28)23(29)27-17-7-10-20-16(13-17)14-21(34-20)24(30)31/h5-10,13-14,19,22H,11-12H2,1-4H3,(H,27,29)(H,30,31)/t19-,22-/m0/s1. The number of fused-ring (bicyclic) bond motifs is 1. The van der Waals surface area contributed by atoms with Crippen molar-refractivity contribution in [3.8, 4) is 5.75 Å². The summed E-state index contributed by atoms with van der Waals surface area (Å²) in [6, 6.07) is 12.9. The number of rotatable bonds is 5. The average Bonchev–Trinajstić information content (AvgIpc) is 3.42. The van der Waals surface area contributed by atoms with E-state index in [0.29, 0.717) is 35.4 Å². The third-order valence-corrected chi connectivity index (χ3v) is 5.83. The molecule has 1 aromatic heterocycles. The molecule has 9 nitrogen and oxygen atoms in total. The number of aromatic carboxylic acids is 1. The molecule has 0 bridgehead atoms. The van der Waals surface area contributed by atoms with Crippen molar-refractivity contribution in [2.75, 3.05) is 19.0 Å². The van der Waals surface area contributed by atoms with Crippen molar-refractivity contribution in [1.29, 1.82) is 0 Å². The Labute approximate surface area is 202 Å². The molecule has 184 valence electrons. The van der Waals surface area contributed by atoms with Crippen molar-refractivity contribution in [3.05, 3.63) is 59.9 Å². The molecule has 0 spiro atoms. The molecule has 2 aromatic carbocycles. The quantitative estimate of drug-likeness (QED) is 0.535. The highest BCUT2D eigenvalue weighted by atomic mass is 16.6. The highest BCUT2D eigenvalue weighted by Crippen LogP contribution is 2.36. The fraction of sp³-hybridized carbons (Fsp3) is 0.346. The maximum Gasteiger partial charge on any atom is 0.410 e. The Bertz CT molecular complexity index is 1260. The first kappa shape index (κ1) is 24.1. The topological polar surface area (TPSA) is 118 Å². The second-order valence-corrected chi connectivity index (χ2v) is 9.44. The predicted molar refractivity (Wildman–Crippen MR) is 129 cm³/mol. The molecule has 0 saturated carbocycles. The van der Waals surface area contributed by atoms with Crippen LogP contribution in [-0.2, 0) is 9.53 Å². The lowest BCUT2D eigenvalue weighted by molar-refractivity contribution is -0.120. The Kier molecular flexibility index (Phi) is 6.43. The molecule has 2 atom stereocenters. The highest BCUT2D eigenvalue weighted by molar-refractivity contribution is 6.00. The average molecular weight is 481 g/mol. The molecule has 0 aliphatic carbocycles. The lowest BCUT2D eigenvalue weighted by Crippen LogP contribution is -2.47. The number of carbonyl (C=O) groups is 3. The number of benzene rings is 2. The van der Waals surface area contributed by atoms with Gasteiger partial charge in [0.2, 0.25) is 11.7 Å². The molecule has 35 heavy (non-hydrogen) atoms. The van der Waals surface area contributed by atoms with Crippen molar-refractivity contribution in [2.45, 2.75) is 44.8 Å². The summed E-state index contributed by atoms with van der Waals surface area (Å²) in [5.74, 6) is -1.27. The van der Waals surface area contributed by atoms with Crippen LogP contribution in [0.3, 0.4) is 0 Å². The number of hydrogen-bond acceptors (Lipinski definition) is 6. The van der Waals surface area contributed by atoms with Gasteiger partial charge in [0.05, 0.1) is 7.11 Å². The van der Waals surface area contributed by atoms with Crippen LogP contribution in [0.4, 0.5) is 10.5 Å². The molecule has 2 amide bonds. The number of nitrogens with zero attached hydrogens (tertiary/aromatic N) is 1. The number of carboxylic acids is 1. The van der Waals surface area contributed by atoms with Crippen LogP contribution in [0, 0.1) is 0 Å². The second-order valence-electron chi connectivity index (χ2n) is 9.44. The van der Waals surface area contributed by atoms with Gasteiger partial charge < -0.3 is 24.3 Å². The summed E-state index contributed by atoms with van der Waals surface area (Å²) < 4.78 is 16.1. The zero-order chi connectivity index (χ0) is 25.3. The number of carbonyl (C=O) groups excluding carboxylic acids is 2. The van der Waals surface area contributed by atoms with Crippen LogP contribution in [0.1, 0.15) is 49.2 Å². The summed E-state index contributed by atoms with van der Waals surface area (Å²) in [5.41, 5.74) is 1.07. The van der Waals surface area contributed by atoms with Crippen molar-refractivity contribution in [1.82, 2.24) is 4.90 Å². The fourth-order valence-corrected chi connectivity index (χ4v) is 4.28. The van der Waals surface area contributed by atoms with Gasteiger partial charge in [-0.05, 0) is 69.2 Å². The van der Waals surface area contributed by atoms with Crippen LogP contribution in [0.25, 0.3) is 11.0 Å². The molecule has 4 rings (SSSR count). The summed E-state index contributed by atoms with van der Waals surface area (Å²) in [6.07, 6.45) is 0.0388. The number of amides is 2. The van der Waals surface area contributed by atoms with Gasteiger partial charge in [0.15, 0.2) is 0 Å². The first-order valence-electron chi connectivity index (χ1n) is 11.3. The molecule has 0 radical (unpaired) electrons. The number of furan rings is 1.